The SMILES string of the molecule is Cl.O=C(CCN1C(=O)COc2ccccc21)NCCCN1CCNCC1. The van der Waals surface area contributed by atoms with E-state index in [4.69, 9.17) is 4.74 Å². The molecule has 2 heterocycles. The fourth-order valence-corrected chi connectivity index (χ4v) is 3.17. The molecule has 144 valence electrons. The quantitative estimate of drug-likeness (QED) is 0.677. The summed E-state index contributed by atoms with van der Waals surface area (Å²) in [5, 5.41) is 6.28. The van der Waals surface area contributed by atoms with Gasteiger partial charge in [-0.2, -0.15) is 0 Å². The molecule has 2 aliphatic rings. The maximum absolute atomic E-state index is 12.1. The predicted molar refractivity (Wildman–Crippen MR) is 103 cm³/mol. The van der Waals surface area contributed by atoms with Crippen molar-refractivity contribution in [2.75, 3.05) is 57.3 Å². The van der Waals surface area contributed by atoms with Gasteiger partial charge in [0.05, 0.1) is 5.69 Å². The van der Waals surface area contributed by atoms with Crippen LogP contribution in [0.15, 0.2) is 24.3 Å². The number of nitrogens with one attached hydrogen (secondary N) is 2. The normalized spacial score (nSPS) is 17.1. The van der Waals surface area contributed by atoms with E-state index in [-0.39, 0.29) is 30.8 Å². The Hall–Kier alpha value is -1.83. The van der Waals surface area contributed by atoms with Gasteiger partial charge in [0.15, 0.2) is 6.61 Å². The van der Waals surface area contributed by atoms with Gasteiger partial charge in [-0.05, 0) is 25.1 Å². The largest absolute Gasteiger partial charge is 0.482 e. The Morgan fingerprint density at radius 3 is 2.77 bits per heavy atom. The molecule has 1 aromatic carbocycles. The molecule has 0 unspecified atom stereocenters. The van der Waals surface area contributed by atoms with Gasteiger partial charge in [0.2, 0.25) is 5.91 Å². The van der Waals surface area contributed by atoms with Crippen molar-refractivity contribution in [3.05, 3.63) is 24.3 Å². The fourth-order valence-electron chi connectivity index (χ4n) is 3.17. The van der Waals surface area contributed by atoms with Gasteiger partial charge in [-0.3, -0.25) is 9.59 Å². The lowest BCUT2D eigenvalue weighted by atomic mass is 10.2. The summed E-state index contributed by atoms with van der Waals surface area (Å²) < 4.78 is 5.41. The van der Waals surface area contributed by atoms with Crippen molar-refractivity contribution in [3.63, 3.8) is 0 Å². The molecule has 0 saturated carbocycles. The zero-order chi connectivity index (χ0) is 17.5. The van der Waals surface area contributed by atoms with Crippen molar-refractivity contribution in [1.29, 1.82) is 0 Å². The van der Waals surface area contributed by atoms with Crippen LogP contribution in [-0.2, 0) is 9.59 Å². The third kappa shape index (κ3) is 5.59. The lowest BCUT2D eigenvalue weighted by Gasteiger charge is -2.29. The molecule has 2 amide bonds. The number of carbonyl (C=O) groups excluding carboxylic acids is 2. The number of para-hydroxylation sites is 2. The Bertz CT molecular complexity index is 608. The van der Waals surface area contributed by atoms with Crippen LogP contribution in [0.5, 0.6) is 5.75 Å². The first-order valence-corrected chi connectivity index (χ1v) is 8.96. The number of halogens is 1. The molecule has 8 heteroatoms. The average Bonchev–Trinajstić information content (AvgIpc) is 2.65. The second-order valence-corrected chi connectivity index (χ2v) is 6.35. The summed E-state index contributed by atoms with van der Waals surface area (Å²) in [5.74, 6) is 0.570. The smallest absolute Gasteiger partial charge is 0.265 e. The minimum Gasteiger partial charge on any atom is -0.482 e. The van der Waals surface area contributed by atoms with Gasteiger partial charge in [-0.1, -0.05) is 12.1 Å². The van der Waals surface area contributed by atoms with E-state index in [1.165, 1.54) is 0 Å². The topological polar surface area (TPSA) is 73.9 Å². The van der Waals surface area contributed by atoms with Gasteiger partial charge >= 0.3 is 0 Å². The van der Waals surface area contributed by atoms with E-state index in [0.717, 1.165) is 44.8 Å². The number of carbonyl (C=O) groups is 2. The van der Waals surface area contributed by atoms with Crippen molar-refractivity contribution >= 4 is 29.9 Å². The first-order valence-electron chi connectivity index (χ1n) is 8.96. The maximum Gasteiger partial charge on any atom is 0.265 e. The molecule has 26 heavy (non-hydrogen) atoms. The number of hydrogen-bond donors (Lipinski definition) is 2. The van der Waals surface area contributed by atoms with Crippen LogP contribution in [-0.4, -0.2) is 69.1 Å². The van der Waals surface area contributed by atoms with E-state index in [9.17, 15) is 9.59 Å². The lowest BCUT2D eigenvalue weighted by Crippen LogP contribution is -2.44. The summed E-state index contributed by atoms with van der Waals surface area (Å²) in [6, 6.07) is 7.42. The van der Waals surface area contributed by atoms with Crippen LogP contribution >= 0.6 is 12.4 Å². The molecule has 0 aromatic heterocycles. The number of rotatable bonds is 7. The second kappa shape index (κ2) is 10.4. The molecule has 3 rings (SSSR count). The number of anilines is 1. The maximum atomic E-state index is 12.1. The molecule has 2 N–H and O–H groups in total. The number of ether oxygens (including phenoxy) is 1. The van der Waals surface area contributed by atoms with Crippen LogP contribution in [0.25, 0.3) is 0 Å². The standard InChI is InChI=1S/C18H26N4O3.ClH/c23-17(20-7-3-10-21-12-8-19-9-13-21)6-11-22-15-4-1-2-5-16(15)25-14-18(22)24;/h1-2,4-5,19H,3,6-14H2,(H,20,23);1H. The van der Waals surface area contributed by atoms with E-state index >= 15 is 0 Å². The fraction of sp³-hybridized carbons (Fsp3) is 0.556. The van der Waals surface area contributed by atoms with Gasteiger partial charge in [-0.15, -0.1) is 12.4 Å². The van der Waals surface area contributed by atoms with Crippen LogP contribution in [0.4, 0.5) is 5.69 Å². The van der Waals surface area contributed by atoms with E-state index in [0.29, 0.717) is 25.3 Å². The third-order valence-corrected chi connectivity index (χ3v) is 4.55. The molecule has 0 radical (unpaired) electrons. The summed E-state index contributed by atoms with van der Waals surface area (Å²) in [6.45, 7) is 6.33. The Labute approximate surface area is 160 Å². The second-order valence-electron chi connectivity index (χ2n) is 6.35. The monoisotopic (exact) mass is 382 g/mol. The van der Waals surface area contributed by atoms with E-state index in [1.807, 2.05) is 24.3 Å². The Kier molecular flexibility index (Phi) is 8.15. The molecule has 0 spiro atoms. The Balaban J connectivity index is 0.00000243. The van der Waals surface area contributed by atoms with Crippen molar-refractivity contribution in [1.82, 2.24) is 15.5 Å². The highest BCUT2D eigenvalue weighted by Gasteiger charge is 2.25. The minimum absolute atomic E-state index is 0. The van der Waals surface area contributed by atoms with Crippen molar-refractivity contribution < 1.29 is 14.3 Å². The number of benzene rings is 1. The van der Waals surface area contributed by atoms with Crippen LogP contribution in [0, 0.1) is 0 Å². The minimum atomic E-state index is -0.106. The van der Waals surface area contributed by atoms with E-state index in [2.05, 4.69) is 15.5 Å². The molecule has 0 aliphatic carbocycles. The third-order valence-electron chi connectivity index (χ3n) is 4.55. The van der Waals surface area contributed by atoms with Gasteiger partial charge in [0.1, 0.15) is 5.75 Å². The molecule has 1 fully saturated rings. The zero-order valence-corrected chi connectivity index (χ0v) is 15.7. The van der Waals surface area contributed by atoms with Crippen LogP contribution in [0.1, 0.15) is 12.8 Å². The Morgan fingerprint density at radius 2 is 1.96 bits per heavy atom. The molecular weight excluding hydrogens is 356 g/mol. The number of piperazine rings is 1. The number of amides is 2. The molecule has 7 nitrogen and oxygen atoms in total. The first kappa shape index (κ1) is 20.5. The molecule has 0 bridgehead atoms. The van der Waals surface area contributed by atoms with Gasteiger partial charge in [-0.25, -0.2) is 0 Å². The van der Waals surface area contributed by atoms with Crippen molar-refractivity contribution in [2.24, 2.45) is 0 Å². The molecular formula is C18H27ClN4O3. The van der Waals surface area contributed by atoms with Gasteiger partial charge < -0.3 is 25.2 Å². The predicted octanol–water partition coefficient (Wildman–Crippen LogP) is 0.635. The van der Waals surface area contributed by atoms with Crippen LogP contribution in [0.2, 0.25) is 0 Å². The van der Waals surface area contributed by atoms with Crippen LogP contribution < -0.4 is 20.3 Å². The number of hydrogen-bond acceptors (Lipinski definition) is 5. The highest BCUT2D eigenvalue weighted by Crippen LogP contribution is 2.31. The van der Waals surface area contributed by atoms with Crippen molar-refractivity contribution in [3.8, 4) is 5.75 Å². The summed E-state index contributed by atoms with van der Waals surface area (Å²) in [6.07, 6.45) is 1.25. The summed E-state index contributed by atoms with van der Waals surface area (Å²) in [4.78, 5) is 28.2. The molecule has 1 saturated heterocycles. The highest BCUT2D eigenvalue weighted by molar-refractivity contribution is 5.98. The van der Waals surface area contributed by atoms with Gasteiger partial charge in [0.25, 0.3) is 5.91 Å². The first-order chi connectivity index (χ1) is 12.2. The Morgan fingerprint density at radius 1 is 1.19 bits per heavy atom. The molecule has 2 aliphatic heterocycles. The lowest BCUT2D eigenvalue weighted by molar-refractivity contribution is -0.122. The summed E-state index contributed by atoms with van der Waals surface area (Å²) in [7, 11) is 0. The summed E-state index contributed by atoms with van der Waals surface area (Å²) in [5.41, 5.74) is 0.741. The molecule has 1 aromatic rings. The van der Waals surface area contributed by atoms with Gasteiger partial charge in [0, 0.05) is 45.7 Å². The summed E-state index contributed by atoms with van der Waals surface area (Å²) >= 11 is 0. The highest BCUT2D eigenvalue weighted by atomic mass is 35.5. The zero-order valence-electron chi connectivity index (χ0n) is 14.9. The number of fused-ring (bicyclic) bond motifs is 1. The average molecular weight is 383 g/mol. The van der Waals surface area contributed by atoms with Crippen LogP contribution in [0.3, 0.4) is 0 Å². The molecule has 0 atom stereocenters. The van der Waals surface area contributed by atoms with E-state index in [1.54, 1.807) is 4.90 Å². The van der Waals surface area contributed by atoms with Crippen molar-refractivity contribution in [2.45, 2.75) is 12.8 Å². The number of nitrogens with zero attached hydrogens (tertiary/aromatic N) is 2. The van der Waals surface area contributed by atoms with E-state index < -0.39 is 0 Å².